The lowest BCUT2D eigenvalue weighted by atomic mass is 10.0. The van der Waals surface area contributed by atoms with Gasteiger partial charge in [0.05, 0.1) is 40.2 Å². The number of alkyl halides is 1. The first-order chi connectivity index (χ1) is 19.0. The molecule has 0 amide bonds. The van der Waals surface area contributed by atoms with E-state index in [1.165, 1.54) is 0 Å². The number of nitrogens with zero attached hydrogens (tertiary/aromatic N) is 7. The number of piperidine rings is 1. The van der Waals surface area contributed by atoms with Gasteiger partial charge in [0.25, 0.3) is 0 Å². The van der Waals surface area contributed by atoms with Gasteiger partial charge in [-0.25, -0.2) is 15.0 Å². The number of nitrogens with one attached hydrogen (secondary N) is 1. The molecule has 0 atom stereocenters. The third-order valence-corrected chi connectivity index (χ3v) is 7.66. The topological polar surface area (TPSA) is 97.6 Å². The SMILES string of the molecule is Cc1nc2ccc(Oc3ccc4ncc(-c5cnn(C6(Cl)CCN(c7ccccn7)CC6)c5)nc4c3)cc2[nH]1. The molecule has 0 aliphatic carbocycles. The molecule has 6 aromatic rings. The van der Waals surface area contributed by atoms with Crippen molar-refractivity contribution in [3.8, 4) is 22.8 Å². The van der Waals surface area contributed by atoms with Crippen LogP contribution >= 0.6 is 11.6 Å². The zero-order valence-electron chi connectivity index (χ0n) is 21.3. The first kappa shape index (κ1) is 23.6. The molecule has 2 aromatic carbocycles. The van der Waals surface area contributed by atoms with E-state index in [2.05, 4.69) is 29.9 Å². The van der Waals surface area contributed by atoms with E-state index in [1.807, 2.05) is 78.6 Å². The van der Waals surface area contributed by atoms with Gasteiger partial charge in [-0.15, -0.1) is 0 Å². The van der Waals surface area contributed by atoms with Gasteiger partial charge >= 0.3 is 0 Å². The third kappa shape index (κ3) is 4.55. The maximum absolute atomic E-state index is 7.08. The molecule has 4 aromatic heterocycles. The van der Waals surface area contributed by atoms with Crippen LogP contribution in [-0.4, -0.2) is 47.8 Å². The van der Waals surface area contributed by atoms with E-state index in [1.54, 1.807) is 12.4 Å². The highest BCUT2D eigenvalue weighted by atomic mass is 35.5. The number of benzene rings is 2. The Morgan fingerprint density at radius 3 is 2.54 bits per heavy atom. The van der Waals surface area contributed by atoms with Crippen LogP contribution in [0.1, 0.15) is 18.7 Å². The van der Waals surface area contributed by atoms with Gasteiger partial charge in [-0.3, -0.25) is 9.67 Å². The molecular formula is C29H25ClN8O. The summed E-state index contributed by atoms with van der Waals surface area (Å²) in [7, 11) is 0. The first-order valence-electron chi connectivity index (χ1n) is 12.8. The van der Waals surface area contributed by atoms with Crippen molar-refractivity contribution in [2.45, 2.75) is 24.8 Å². The Kier molecular flexibility index (Phi) is 5.66. The number of aryl methyl sites for hydroxylation is 1. The summed E-state index contributed by atoms with van der Waals surface area (Å²) in [6.45, 7) is 3.55. The Balaban J connectivity index is 1.10. The molecule has 0 unspecified atom stereocenters. The Bertz CT molecular complexity index is 1790. The number of aromatic nitrogens is 7. The molecule has 1 saturated heterocycles. The normalized spacial score (nSPS) is 15.2. The van der Waals surface area contributed by atoms with E-state index < -0.39 is 5.00 Å². The van der Waals surface area contributed by atoms with Gasteiger partial charge in [-0.05, 0) is 43.3 Å². The fourth-order valence-corrected chi connectivity index (χ4v) is 5.29. The summed E-state index contributed by atoms with van der Waals surface area (Å²) in [5, 5.41) is 4.62. The zero-order valence-corrected chi connectivity index (χ0v) is 22.0. The van der Waals surface area contributed by atoms with Crippen molar-refractivity contribution in [3.63, 3.8) is 0 Å². The number of ether oxygens (including phenoxy) is 1. The lowest BCUT2D eigenvalue weighted by Gasteiger charge is -2.38. The van der Waals surface area contributed by atoms with Crippen LogP contribution in [0.5, 0.6) is 11.5 Å². The number of halogens is 1. The maximum atomic E-state index is 7.08. The quantitative estimate of drug-likeness (QED) is 0.267. The number of rotatable bonds is 5. The van der Waals surface area contributed by atoms with E-state index >= 15 is 0 Å². The van der Waals surface area contributed by atoms with Crippen LogP contribution in [-0.2, 0) is 5.00 Å². The van der Waals surface area contributed by atoms with Crippen molar-refractivity contribution in [2.24, 2.45) is 0 Å². The van der Waals surface area contributed by atoms with Crippen molar-refractivity contribution in [2.75, 3.05) is 18.0 Å². The second-order valence-corrected chi connectivity index (χ2v) is 10.5. The van der Waals surface area contributed by atoms with E-state index in [0.717, 1.165) is 76.6 Å². The molecule has 0 spiro atoms. The Morgan fingerprint density at radius 2 is 1.72 bits per heavy atom. The third-order valence-electron chi connectivity index (χ3n) is 7.11. The number of imidazole rings is 1. The molecule has 0 saturated carbocycles. The summed E-state index contributed by atoms with van der Waals surface area (Å²) in [6.07, 6.45) is 8.84. The highest BCUT2D eigenvalue weighted by molar-refractivity contribution is 6.22. The molecule has 1 aliphatic heterocycles. The van der Waals surface area contributed by atoms with Crippen molar-refractivity contribution < 1.29 is 4.74 Å². The lowest BCUT2D eigenvalue weighted by Crippen LogP contribution is -2.43. The number of H-pyrrole nitrogens is 1. The molecule has 0 bridgehead atoms. The van der Waals surface area contributed by atoms with Crippen LogP contribution in [0.3, 0.4) is 0 Å². The predicted molar refractivity (Wildman–Crippen MR) is 151 cm³/mol. The molecule has 5 heterocycles. The number of aromatic amines is 1. The van der Waals surface area contributed by atoms with E-state index in [-0.39, 0.29) is 0 Å². The van der Waals surface area contributed by atoms with E-state index in [9.17, 15) is 0 Å². The van der Waals surface area contributed by atoms with Gasteiger partial charge in [-0.1, -0.05) is 17.7 Å². The second kappa shape index (κ2) is 9.36. The van der Waals surface area contributed by atoms with Crippen molar-refractivity contribution in [1.29, 1.82) is 0 Å². The zero-order chi connectivity index (χ0) is 26.4. The lowest BCUT2D eigenvalue weighted by molar-refractivity contribution is 0.311. The molecule has 39 heavy (non-hydrogen) atoms. The number of hydrogen-bond acceptors (Lipinski definition) is 7. The summed E-state index contributed by atoms with van der Waals surface area (Å²) >= 11 is 7.08. The molecule has 0 radical (unpaired) electrons. The van der Waals surface area contributed by atoms with Crippen LogP contribution in [0, 0.1) is 6.92 Å². The van der Waals surface area contributed by atoms with Gasteiger partial charge < -0.3 is 14.6 Å². The van der Waals surface area contributed by atoms with Crippen LogP contribution in [0.25, 0.3) is 33.3 Å². The average molecular weight is 537 g/mol. The molecular weight excluding hydrogens is 512 g/mol. The highest BCUT2D eigenvalue weighted by Crippen LogP contribution is 2.36. The fraction of sp³-hybridized carbons (Fsp3) is 0.207. The Hall–Kier alpha value is -4.50. The maximum Gasteiger partial charge on any atom is 0.139 e. The predicted octanol–water partition coefficient (Wildman–Crippen LogP) is 6.06. The summed E-state index contributed by atoms with van der Waals surface area (Å²) < 4.78 is 7.99. The van der Waals surface area contributed by atoms with Crippen molar-refractivity contribution in [1.82, 2.24) is 34.7 Å². The number of anilines is 1. The van der Waals surface area contributed by atoms with Gasteiger partial charge in [0.2, 0.25) is 0 Å². The number of pyridine rings is 1. The molecule has 9 nitrogen and oxygen atoms in total. The number of hydrogen-bond donors (Lipinski definition) is 1. The van der Waals surface area contributed by atoms with E-state index in [0.29, 0.717) is 5.75 Å². The largest absolute Gasteiger partial charge is 0.457 e. The highest BCUT2D eigenvalue weighted by Gasteiger charge is 2.35. The molecule has 1 fully saturated rings. The standard InChI is InChI=1S/C29H25ClN8O/c1-19-34-24-8-6-22(15-26(24)35-19)39-21-5-7-23-25(14-21)36-27(17-32-23)20-16-33-38(18-20)29(30)9-12-37(13-10-29)28-4-2-3-11-31-28/h2-8,11,14-18H,9-10,12-13H2,1H3,(H,34,35). The van der Waals surface area contributed by atoms with Crippen molar-refractivity contribution >= 4 is 39.5 Å². The summed E-state index contributed by atoms with van der Waals surface area (Å²) in [5.74, 6) is 3.25. The average Bonchev–Trinajstić information content (AvgIpc) is 3.60. The summed E-state index contributed by atoms with van der Waals surface area (Å²) in [5.41, 5.74) is 4.96. The molecule has 194 valence electrons. The van der Waals surface area contributed by atoms with Crippen molar-refractivity contribution in [3.05, 3.63) is 85.2 Å². The van der Waals surface area contributed by atoms with Gasteiger partial charge in [0, 0.05) is 56.0 Å². The minimum absolute atomic E-state index is 0.594. The van der Waals surface area contributed by atoms with Gasteiger partial charge in [0.1, 0.15) is 28.1 Å². The van der Waals surface area contributed by atoms with Crippen LogP contribution in [0.15, 0.2) is 79.4 Å². The summed E-state index contributed by atoms with van der Waals surface area (Å²) in [6, 6.07) is 17.5. The second-order valence-electron chi connectivity index (χ2n) is 9.78. The molecule has 1 aliphatic rings. The van der Waals surface area contributed by atoms with Crippen LogP contribution in [0.4, 0.5) is 5.82 Å². The Morgan fingerprint density at radius 1 is 0.897 bits per heavy atom. The number of fused-ring (bicyclic) bond motifs is 2. The van der Waals surface area contributed by atoms with Gasteiger partial charge in [0.15, 0.2) is 0 Å². The van der Waals surface area contributed by atoms with Crippen LogP contribution in [0.2, 0.25) is 0 Å². The monoisotopic (exact) mass is 536 g/mol. The molecule has 1 N–H and O–H groups in total. The first-order valence-corrected chi connectivity index (χ1v) is 13.2. The Labute approximate surface area is 229 Å². The van der Waals surface area contributed by atoms with E-state index in [4.69, 9.17) is 21.3 Å². The fourth-order valence-electron chi connectivity index (χ4n) is 5.03. The smallest absolute Gasteiger partial charge is 0.139 e. The minimum atomic E-state index is -0.594. The van der Waals surface area contributed by atoms with Crippen LogP contribution < -0.4 is 9.64 Å². The molecule has 10 heteroatoms. The molecule has 7 rings (SSSR count). The minimum Gasteiger partial charge on any atom is -0.457 e. The van der Waals surface area contributed by atoms with Gasteiger partial charge in [-0.2, -0.15) is 5.10 Å². The summed E-state index contributed by atoms with van der Waals surface area (Å²) in [4.78, 5) is 23.3.